The van der Waals surface area contributed by atoms with Gasteiger partial charge in [0.05, 0.1) is 0 Å². The van der Waals surface area contributed by atoms with Gasteiger partial charge in [-0.2, -0.15) is 12.6 Å². The molecule has 1 aromatic rings. The van der Waals surface area contributed by atoms with E-state index in [2.05, 4.69) is 12.6 Å². The second kappa shape index (κ2) is 18.8. The zero-order chi connectivity index (χ0) is 31.1. The number of amides is 2. The first kappa shape index (κ1) is 35.6. The standard InChI is InChI=1S/C18H24N2O4S.C11H20N2O3S/c1-14(13-25-18(24)15-8-4-2-5-9-15)17(23)20(12-16(21)22)19-10-6-3-7-11-19;1-9(8-17)11(16)13(7-10(14)15)12-5-3-2-4-6-12/h2,4-5,8-9,14H,3,6-7,10-13H2,1H3,(H,21,22);9,17H,2-8H2,1H3,(H,14,15). The van der Waals surface area contributed by atoms with Gasteiger partial charge in [0.1, 0.15) is 13.1 Å². The number of nitrogens with zero attached hydrogens (tertiary/aromatic N) is 4. The molecule has 2 fully saturated rings. The van der Waals surface area contributed by atoms with Crippen LogP contribution < -0.4 is 0 Å². The van der Waals surface area contributed by atoms with Gasteiger partial charge in [-0.05, 0) is 25.7 Å². The van der Waals surface area contributed by atoms with Gasteiger partial charge < -0.3 is 10.2 Å². The van der Waals surface area contributed by atoms with Crippen molar-refractivity contribution in [3.8, 4) is 0 Å². The van der Waals surface area contributed by atoms with E-state index in [9.17, 15) is 24.0 Å². The third-order valence-corrected chi connectivity index (χ3v) is 8.73. The molecule has 2 saturated heterocycles. The second-order valence-electron chi connectivity index (χ2n) is 10.6. The first-order chi connectivity index (χ1) is 20.0. The number of piperidine rings is 2. The van der Waals surface area contributed by atoms with Crippen LogP contribution in [0.2, 0.25) is 0 Å². The highest BCUT2D eigenvalue weighted by atomic mass is 32.2. The summed E-state index contributed by atoms with van der Waals surface area (Å²) in [7, 11) is 0. The maximum absolute atomic E-state index is 12.7. The van der Waals surface area contributed by atoms with Crippen LogP contribution in [0.3, 0.4) is 0 Å². The Bertz CT molecular complexity index is 1030. The average Bonchev–Trinajstić information content (AvgIpc) is 3.01. The van der Waals surface area contributed by atoms with Crippen molar-refractivity contribution in [3.05, 3.63) is 35.9 Å². The van der Waals surface area contributed by atoms with Crippen molar-refractivity contribution in [1.82, 2.24) is 20.0 Å². The molecule has 0 radical (unpaired) electrons. The summed E-state index contributed by atoms with van der Waals surface area (Å²) in [6, 6.07) is 8.93. The molecular weight excluding hydrogens is 580 g/mol. The molecule has 0 aromatic heterocycles. The van der Waals surface area contributed by atoms with Gasteiger partial charge in [0.25, 0.3) is 0 Å². The number of thioether (sulfide) groups is 1. The second-order valence-corrected chi connectivity index (χ2v) is 11.9. The molecule has 13 heteroatoms. The fourth-order valence-electron chi connectivity index (χ4n) is 4.64. The zero-order valence-electron chi connectivity index (χ0n) is 24.5. The Balaban J connectivity index is 0.000000317. The summed E-state index contributed by atoms with van der Waals surface area (Å²) in [6.45, 7) is 5.85. The number of rotatable bonds is 12. The largest absolute Gasteiger partial charge is 0.480 e. The third-order valence-electron chi connectivity index (χ3n) is 7.02. The molecule has 2 aliphatic heterocycles. The number of hydrogen-bond acceptors (Lipinski definition) is 9. The Morgan fingerprint density at radius 2 is 1.19 bits per heavy atom. The lowest BCUT2D eigenvalue weighted by Crippen LogP contribution is -2.52. The monoisotopic (exact) mass is 624 g/mol. The highest BCUT2D eigenvalue weighted by Crippen LogP contribution is 2.20. The zero-order valence-corrected chi connectivity index (χ0v) is 26.2. The number of carboxylic acids is 2. The molecule has 0 saturated carbocycles. The molecule has 1 aromatic carbocycles. The first-order valence-electron chi connectivity index (χ1n) is 14.4. The van der Waals surface area contributed by atoms with Gasteiger partial charge in [-0.1, -0.05) is 68.8 Å². The van der Waals surface area contributed by atoms with E-state index in [-0.39, 0.29) is 35.9 Å². The normalized spacial score (nSPS) is 17.2. The predicted molar refractivity (Wildman–Crippen MR) is 165 cm³/mol. The van der Waals surface area contributed by atoms with Crippen LogP contribution in [0.25, 0.3) is 0 Å². The van der Waals surface area contributed by atoms with Crippen molar-refractivity contribution in [2.24, 2.45) is 11.8 Å². The molecule has 2 atom stereocenters. The number of carboxylic acid groups (broad SMARTS) is 2. The highest BCUT2D eigenvalue weighted by Gasteiger charge is 2.30. The van der Waals surface area contributed by atoms with E-state index in [4.69, 9.17) is 10.2 Å². The summed E-state index contributed by atoms with van der Waals surface area (Å²) >= 11 is 5.19. The Morgan fingerprint density at radius 3 is 1.60 bits per heavy atom. The van der Waals surface area contributed by atoms with E-state index >= 15 is 0 Å². The quantitative estimate of drug-likeness (QED) is 0.297. The van der Waals surface area contributed by atoms with E-state index in [1.807, 2.05) is 16.1 Å². The van der Waals surface area contributed by atoms with Crippen molar-refractivity contribution >= 4 is 53.3 Å². The molecule has 3 rings (SSSR count). The van der Waals surface area contributed by atoms with Crippen LogP contribution in [0, 0.1) is 11.8 Å². The Morgan fingerprint density at radius 1 is 0.762 bits per heavy atom. The minimum Gasteiger partial charge on any atom is -0.480 e. The Hall–Kier alpha value is -2.61. The summed E-state index contributed by atoms with van der Waals surface area (Å²) in [5.74, 6) is -2.31. The molecule has 11 nitrogen and oxygen atoms in total. The molecule has 0 bridgehead atoms. The molecule has 2 unspecified atom stereocenters. The van der Waals surface area contributed by atoms with E-state index in [1.165, 1.54) is 10.0 Å². The SMILES string of the molecule is CC(CS)C(=O)N(CC(=O)O)N1CCCCC1.CC(CSC(=O)c1ccccc1)C(=O)N(CC(=O)O)N1CCCCC1. The number of benzene rings is 1. The number of carbonyl (C=O) groups excluding carboxylic acids is 3. The molecule has 234 valence electrons. The fourth-order valence-corrected chi connectivity index (χ4v) is 5.65. The predicted octanol–water partition coefficient (Wildman–Crippen LogP) is 3.38. The Labute approximate surface area is 257 Å². The van der Waals surface area contributed by atoms with Crippen LogP contribution in [-0.4, -0.2) is 110 Å². The molecular formula is C29H44N4O7S2. The van der Waals surface area contributed by atoms with E-state index in [1.54, 1.807) is 38.1 Å². The highest BCUT2D eigenvalue weighted by molar-refractivity contribution is 8.14. The number of aliphatic carboxylic acids is 2. The lowest BCUT2D eigenvalue weighted by Gasteiger charge is -2.37. The van der Waals surface area contributed by atoms with Crippen LogP contribution in [0.4, 0.5) is 0 Å². The van der Waals surface area contributed by atoms with Crippen LogP contribution >= 0.6 is 24.4 Å². The maximum Gasteiger partial charge on any atom is 0.324 e. The van der Waals surface area contributed by atoms with E-state index < -0.39 is 17.9 Å². The molecule has 2 aliphatic rings. The molecule has 2 amide bonds. The lowest BCUT2D eigenvalue weighted by atomic mass is 10.1. The maximum atomic E-state index is 12.7. The Kier molecular flexibility index (Phi) is 16.0. The summed E-state index contributed by atoms with van der Waals surface area (Å²) in [5.41, 5.74) is 0.602. The van der Waals surface area contributed by atoms with Crippen molar-refractivity contribution in [2.75, 3.05) is 50.8 Å². The van der Waals surface area contributed by atoms with Crippen molar-refractivity contribution < 1.29 is 34.2 Å². The summed E-state index contributed by atoms with van der Waals surface area (Å²) < 4.78 is 0. The molecule has 2 heterocycles. The number of hydrazine groups is 2. The van der Waals surface area contributed by atoms with Crippen LogP contribution in [0.15, 0.2) is 30.3 Å². The van der Waals surface area contributed by atoms with E-state index in [0.717, 1.165) is 63.4 Å². The fraction of sp³-hybridized carbons (Fsp3) is 0.621. The molecule has 2 N–H and O–H groups in total. The van der Waals surface area contributed by atoms with Crippen LogP contribution in [0.1, 0.15) is 62.7 Å². The summed E-state index contributed by atoms with van der Waals surface area (Å²) in [4.78, 5) is 58.9. The van der Waals surface area contributed by atoms with Crippen molar-refractivity contribution in [2.45, 2.75) is 52.4 Å². The van der Waals surface area contributed by atoms with Gasteiger partial charge in [-0.15, -0.1) is 0 Å². The summed E-state index contributed by atoms with van der Waals surface area (Å²) in [6.07, 6.45) is 6.19. The van der Waals surface area contributed by atoms with Gasteiger partial charge in [0.2, 0.25) is 16.9 Å². The number of carbonyl (C=O) groups is 5. The third kappa shape index (κ3) is 11.9. The van der Waals surface area contributed by atoms with Crippen LogP contribution in [0.5, 0.6) is 0 Å². The van der Waals surface area contributed by atoms with Gasteiger partial charge in [-0.25, -0.2) is 10.0 Å². The van der Waals surface area contributed by atoms with Crippen molar-refractivity contribution in [1.29, 1.82) is 0 Å². The average molecular weight is 625 g/mol. The van der Waals surface area contributed by atoms with Gasteiger partial charge >= 0.3 is 11.9 Å². The topological polar surface area (TPSA) is 139 Å². The first-order valence-corrected chi connectivity index (χ1v) is 16.1. The number of thiol groups is 1. The van der Waals surface area contributed by atoms with Gasteiger partial charge in [0.15, 0.2) is 0 Å². The molecule has 42 heavy (non-hydrogen) atoms. The van der Waals surface area contributed by atoms with Crippen LogP contribution in [-0.2, 0) is 19.2 Å². The summed E-state index contributed by atoms with van der Waals surface area (Å²) in [5, 5.41) is 24.3. The minimum atomic E-state index is -1.03. The number of hydrogen-bond donors (Lipinski definition) is 3. The minimum absolute atomic E-state index is 0.0805. The lowest BCUT2D eigenvalue weighted by molar-refractivity contribution is -0.163. The van der Waals surface area contributed by atoms with Crippen molar-refractivity contribution in [3.63, 3.8) is 0 Å². The smallest absolute Gasteiger partial charge is 0.324 e. The molecule has 0 aliphatic carbocycles. The molecule has 0 spiro atoms. The van der Waals surface area contributed by atoms with Gasteiger partial charge in [-0.3, -0.25) is 34.0 Å². The van der Waals surface area contributed by atoms with Gasteiger partial charge in [0, 0.05) is 55.1 Å². The van der Waals surface area contributed by atoms with E-state index in [0.29, 0.717) is 30.2 Å².